The lowest BCUT2D eigenvalue weighted by atomic mass is 10.0. The van der Waals surface area contributed by atoms with Crippen LogP contribution in [0, 0.1) is 0 Å². The molecule has 1 aliphatic rings. The topological polar surface area (TPSA) is 121 Å². The Labute approximate surface area is 203 Å². The first kappa shape index (κ1) is 25.3. The SMILES string of the molecule is COCCCCC(NCCCCc1ccc2c(n1)NCCC2)(Nc1ncc(Br)cn1)C(=O)O. The third-order valence-electron chi connectivity index (χ3n) is 5.70. The molecule has 0 saturated carbocycles. The van der Waals surface area contributed by atoms with Gasteiger partial charge in [0.2, 0.25) is 5.95 Å². The summed E-state index contributed by atoms with van der Waals surface area (Å²) in [5, 5.41) is 19.7. The lowest BCUT2D eigenvalue weighted by Gasteiger charge is -2.32. The van der Waals surface area contributed by atoms with Gasteiger partial charge in [0.25, 0.3) is 0 Å². The van der Waals surface area contributed by atoms with Crippen LogP contribution in [-0.4, -0.2) is 58.5 Å². The van der Waals surface area contributed by atoms with Crippen LogP contribution >= 0.6 is 15.9 Å². The fourth-order valence-corrected chi connectivity index (χ4v) is 4.08. The molecular weight excluding hydrogens is 488 g/mol. The minimum atomic E-state index is -1.35. The standard InChI is InChI=1S/C23H33BrN6O3/c1-33-14-5-3-11-23(21(31)32,30-22-26-15-18(24)16-27-22)28-13-4-2-8-19-10-9-17-7-6-12-25-20(17)29-19/h9-10,15-16,28H,2-8,11-14H2,1H3,(H,25,29)(H,31,32)(H,26,27,30). The van der Waals surface area contributed by atoms with Crippen molar-refractivity contribution in [1.29, 1.82) is 0 Å². The number of nitrogens with one attached hydrogen (secondary N) is 3. The molecule has 0 aromatic carbocycles. The number of aliphatic carboxylic acids is 1. The van der Waals surface area contributed by atoms with Crippen LogP contribution in [0.1, 0.15) is 49.8 Å². The summed E-state index contributed by atoms with van der Waals surface area (Å²) in [7, 11) is 1.64. The molecule has 10 heteroatoms. The Kier molecular flexibility index (Phi) is 9.83. The number of anilines is 2. The zero-order chi connectivity index (χ0) is 23.5. The highest BCUT2D eigenvalue weighted by molar-refractivity contribution is 9.10. The monoisotopic (exact) mass is 520 g/mol. The molecular formula is C23H33BrN6O3. The number of rotatable bonds is 14. The Morgan fingerprint density at radius 2 is 2.06 bits per heavy atom. The van der Waals surface area contributed by atoms with E-state index in [1.54, 1.807) is 19.5 Å². The molecule has 4 N–H and O–H groups in total. The second-order valence-corrected chi connectivity index (χ2v) is 9.15. The summed E-state index contributed by atoms with van der Waals surface area (Å²) in [6, 6.07) is 4.27. The van der Waals surface area contributed by atoms with Crippen LogP contribution < -0.4 is 16.0 Å². The van der Waals surface area contributed by atoms with Crippen molar-refractivity contribution in [3.05, 3.63) is 40.3 Å². The Morgan fingerprint density at radius 1 is 1.24 bits per heavy atom. The normalized spacial score (nSPS) is 14.7. The molecule has 3 heterocycles. The van der Waals surface area contributed by atoms with Crippen LogP contribution in [0.2, 0.25) is 0 Å². The van der Waals surface area contributed by atoms with Gasteiger partial charge in [-0.25, -0.2) is 19.7 Å². The number of nitrogens with zero attached hydrogens (tertiary/aromatic N) is 3. The fourth-order valence-electron chi connectivity index (χ4n) is 3.88. The van der Waals surface area contributed by atoms with Crippen molar-refractivity contribution in [1.82, 2.24) is 20.3 Å². The molecule has 0 aliphatic carbocycles. The quantitative estimate of drug-likeness (QED) is 0.218. The molecule has 0 saturated heterocycles. The predicted molar refractivity (Wildman–Crippen MR) is 131 cm³/mol. The highest BCUT2D eigenvalue weighted by Gasteiger charge is 2.38. The Bertz CT molecular complexity index is 898. The molecule has 180 valence electrons. The van der Waals surface area contributed by atoms with Crippen LogP contribution in [0.3, 0.4) is 0 Å². The van der Waals surface area contributed by atoms with Crippen molar-refractivity contribution in [2.24, 2.45) is 0 Å². The van der Waals surface area contributed by atoms with E-state index >= 15 is 0 Å². The first-order valence-electron chi connectivity index (χ1n) is 11.5. The van der Waals surface area contributed by atoms with Crippen LogP contribution in [0.15, 0.2) is 29.0 Å². The van der Waals surface area contributed by atoms with E-state index in [-0.39, 0.29) is 5.95 Å². The number of ether oxygens (including phenoxy) is 1. The molecule has 1 unspecified atom stereocenters. The third kappa shape index (κ3) is 7.62. The molecule has 0 amide bonds. The second kappa shape index (κ2) is 12.8. The van der Waals surface area contributed by atoms with Gasteiger partial charge in [-0.05, 0) is 85.5 Å². The number of aromatic nitrogens is 3. The fraction of sp³-hybridized carbons (Fsp3) is 0.565. The van der Waals surface area contributed by atoms with Crippen molar-refractivity contribution in [3.8, 4) is 0 Å². The average Bonchev–Trinajstić information content (AvgIpc) is 2.82. The summed E-state index contributed by atoms with van der Waals surface area (Å²) in [6.45, 7) is 2.11. The van der Waals surface area contributed by atoms with E-state index in [9.17, 15) is 9.90 Å². The summed E-state index contributed by atoms with van der Waals surface area (Å²) in [5.41, 5.74) is 0.997. The number of hydrogen-bond donors (Lipinski definition) is 4. The average molecular weight is 521 g/mol. The maximum atomic E-state index is 12.3. The van der Waals surface area contributed by atoms with E-state index in [1.165, 1.54) is 5.56 Å². The summed E-state index contributed by atoms with van der Waals surface area (Å²) >= 11 is 3.30. The van der Waals surface area contributed by atoms with Gasteiger partial charge in [0.05, 0.1) is 4.47 Å². The van der Waals surface area contributed by atoms with E-state index in [1.807, 2.05) is 0 Å². The molecule has 33 heavy (non-hydrogen) atoms. The summed E-state index contributed by atoms with van der Waals surface area (Å²) in [6.07, 6.45) is 9.83. The Hall–Kier alpha value is -2.30. The number of pyridine rings is 1. The molecule has 0 spiro atoms. The van der Waals surface area contributed by atoms with Crippen LogP contribution in [-0.2, 0) is 22.4 Å². The van der Waals surface area contributed by atoms with Crippen molar-refractivity contribution in [3.63, 3.8) is 0 Å². The highest BCUT2D eigenvalue weighted by Crippen LogP contribution is 2.21. The van der Waals surface area contributed by atoms with E-state index in [2.05, 4.69) is 54.0 Å². The van der Waals surface area contributed by atoms with Crippen LogP contribution in [0.4, 0.5) is 11.8 Å². The number of hydrogen-bond acceptors (Lipinski definition) is 8. The largest absolute Gasteiger partial charge is 0.478 e. The van der Waals surface area contributed by atoms with Gasteiger partial charge < -0.3 is 20.5 Å². The maximum absolute atomic E-state index is 12.3. The highest BCUT2D eigenvalue weighted by atomic mass is 79.9. The number of unbranched alkanes of at least 4 members (excludes halogenated alkanes) is 2. The van der Waals surface area contributed by atoms with Gasteiger partial charge in [-0.2, -0.15) is 0 Å². The van der Waals surface area contributed by atoms with E-state index in [4.69, 9.17) is 9.72 Å². The second-order valence-electron chi connectivity index (χ2n) is 8.23. The van der Waals surface area contributed by atoms with Crippen LogP contribution in [0.5, 0.6) is 0 Å². The van der Waals surface area contributed by atoms with Gasteiger partial charge in [-0.3, -0.25) is 5.32 Å². The molecule has 1 atom stereocenters. The smallest absolute Gasteiger partial charge is 0.344 e. The molecule has 0 bridgehead atoms. The summed E-state index contributed by atoms with van der Waals surface area (Å²) in [5.74, 6) is 0.302. The Morgan fingerprint density at radius 3 is 2.82 bits per heavy atom. The molecule has 1 aliphatic heterocycles. The number of carboxylic acid groups (broad SMARTS) is 1. The van der Waals surface area contributed by atoms with Gasteiger partial charge in [-0.1, -0.05) is 6.07 Å². The molecule has 0 fully saturated rings. The lowest BCUT2D eigenvalue weighted by Crippen LogP contribution is -2.58. The van der Waals surface area contributed by atoms with Crippen molar-refractivity contribution in [2.45, 2.75) is 57.0 Å². The van der Waals surface area contributed by atoms with Gasteiger partial charge in [0.1, 0.15) is 5.82 Å². The van der Waals surface area contributed by atoms with E-state index in [0.717, 1.165) is 61.1 Å². The van der Waals surface area contributed by atoms with Gasteiger partial charge in [-0.15, -0.1) is 0 Å². The molecule has 2 aromatic heterocycles. The number of carboxylic acids is 1. The number of fused-ring (bicyclic) bond motifs is 1. The molecule has 9 nitrogen and oxygen atoms in total. The zero-order valence-corrected chi connectivity index (χ0v) is 20.7. The van der Waals surface area contributed by atoms with Gasteiger partial charge in [0.15, 0.2) is 5.66 Å². The minimum absolute atomic E-state index is 0.269. The maximum Gasteiger partial charge on any atom is 0.344 e. The number of carbonyl (C=O) groups is 1. The van der Waals surface area contributed by atoms with Gasteiger partial charge in [0, 0.05) is 38.3 Å². The number of methoxy groups -OCH3 is 1. The third-order valence-corrected chi connectivity index (χ3v) is 6.11. The summed E-state index contributed by atoms with van der Waals surface area (Å²) in [4.78, 5) is 25.5. The first-order chi connectivity index (χ1) is 16.0. The first-order valence-corrected chi connectivity index (χ1v) is 12.3. The minimum Gasteiger partial charge on any atom is -0.478 e. The predicted octanol–water partition coefficient (Wildman–Crippen LogP) is 3.61. The van der Waals surface area contributed by atoms with Crippen molar-refractivity contribution in [2.75, 3.05) is 37.4 Å². The summed E-state index contributed by atoms with van der Waals surface area (Å²) < 4.78 is 5.84. The van der Waals surface area contributed by atoms with Crippen molar-refractivity contribution >= 4 is 33.7 Å². The van der Waals surface area contributed by atoms with E-state index < -0.39 is 11.6 Å². The van der Waals surface area contributed by atoms with E-state index in [0.29, 0.717) is 26.0 Å². The molecule has 2 aromatic rings. The van der Waals surface area contributed by atoms with Gasteiger partial charge >= 0.3 is 5.97 Å². The molecule has 3 rings (SSSR count). The zero-order valence-electron chi connectivity index (χ0n) is 19.1. The Balaban J connectivity index is 1.56. The lowest BCUT2D eigenvalue weighted by molar-refractivity contribution is -0.144. The number of halogens is 1. The number of aryl methyl sites for hydroxylation is 2. The van der Waals surface area contributed by atoms with Crippen LogP contribution in [0.25, 0.3) is 0 Å². The van der Waals surface area contributed by atoms with Crippen molar-refractivity contribution < 1.29 is 14.6 Å². The molecule has 0 radical (unpaired) electrons.